The molecule has 0 aliphatic carbocycles. The first kappa shape index (κ1) is 13.7. The van der Waals surface area contributed by atoms with Crippen molar-refractivity contribution in [2.24, 2.45) is 0 Å². The Labute approximate surface area is 105 Å². The van der Waals surface area contributed by atoms with Gasteiger partial charge in [0.2, 0.25) is 5.91 Å². The molecule has 18 heavy (non-hydrogen) atoms. The van der Waals surface area contributed by atoms with Gasteiger partial charge >= 0.3 is 5.97 Å². The number of carboxylic acid groups (broad SMARTS) is 1. The molecule has 0 saturated carbocycles. The van der Waals surface area contributed by atoms with Crippen LogP contribution in [0.25, 0.3) is 0 Å². The fourth-order valence-electron chi connectivity index (χ4n) is 1.45. The molecule has 0 heterocycles. The van der Waals surface area contributed by atoms with Gasteiger partial charge in [0.1, 0.15) is 0 Å². The van der Waals surface area contributed by atoms with Crippen LogP contribution in [-0.4, -0.2) is 30.1 Å². The normalized spacial score (nSPS) is 9.56. The Morgan fingerprint density at radius 3 is 2.78 bits per heavy atom. The van der Waals surface area contributed by atoms with Crippen molar-refractivity contribution in [3.05, 3.63) is 29.3 Å². The maximum absolute atomic E-state index is 11.5. The Balaban J connectivity index is 2.74. The van der Waals surface area contributed by atoms with Crippen molar-refractivity contribution in [3.63, 3.8) is 0 Å². The van der Waals surface area contributed by atoms with Crippen molar-refractivity contribution in [2.45, 2.75) is 6.92 Å². The molecule has 0 radical (unpaired) electrons. The number of carbonyl (C=O) groups is 2. The van der Waals surface area contributed by atoms with Crippen LogP contribution in [-0.2, 0) is 4.79 Å². The molecule has 1 aromatic rings. The summed E-state index contributed by atoms with van der Waals surface area (Å²) in [6, 6.07) is 4.73. The minimum absolute atomic E-state index is 0.0843. The van der Waals surface area contributed by atoms with E-state index in [1.165, 1.54) is 6.07 Å². The topological polar surface area (TPSA) is 78.4 Å². The molecule has 0 fully saturated rings. The molecule has 0 aliphatic rings. The van der Waals surface area contributed by atoms with Gasteiger partial charge < -0.3 is 10.4 Å². The smallest absolute Gasteiger partial charge is 0.336 e. The van der Waals surface area contributed by atoms with Gasteiger partial charge in [-0.1, -0.05) is 12.0 Å². The zero-order chi connectivity index (χ0) is 13.5. The van der Waals surface area contributed by atoms with E-state index in [4.69, 9.17) is 11.5 Å². The van der Waals surface area contributed by atoms with E-state index in [0.29, 0.717) is 17.8 Å². The number of aromatic carboxylic acids is 1. The van der Waals surface area contributed by atoms with Crippen molar-refractivity contribution in [3.8, 4) is 12.3 Å². The summed E-state index contributed by atoms with van der Waals surface area (Å²) in [4.78, 5) is 22.5. The summed E-state index contributed by atoms with van der Waals surface area (Å²) in [6.45, 7) is 2.04. The number of nitrogens with one attached hydrogen (secondary N) is 2. The summed E-state index contributed by atoms with van der Waals surface area (Å²) in [5.74, 6) is 1.07. The molecule has 0 unspecified atom stereocenters. The number of carboxylic acids is 1. The number of carbonyl (C=O) groups excluding carboxylic acids is 1. The number of amides is 1. The number of anilines is 1. The molecule has 0 bridgehead atoms. The molecule has 0 spiro atoms. The van der Waals surface area contributed by atoms with Gasteiger partial charge in [-0.3, -0.25) is 10.1 Å². The summed E-state index contributed by atoms with van der Waals surface area (Å²) in [7, 11) is 0. The van der Waals surface area contributed by atoms with E-state index in [1.807, 2.05) is 0 Å². The van der Waals surface area contributed by atoms with E-state index in [9.17, 15) is 9.59 Å². The lowest BCUT2D eigenvalue weighted by Crippen LogP contribution is -2.28. The molecule has 94 valence electrons. The van der Waals surface area contributed by atoms with Crippen LogP contribution in [0.3, 0.4) is 0 Å². The Morgan fingerprint density at radius 2 is 2.17 bits per heavy atom. The highest BCUT2D eigenvalue weighted by Crippen LogP contribution is 2.18. The highest BCUT2D eigenvalue weighted by atomic mass is 16.4. The van der Waals surface area contributed by atoms with Crippen LogP contribution in [0.15, 0.2) is 18.2 Å². The Bertz CT molecular complexity index is 503. The number of rotatable bonds is 5. The lowest BCUT2D eigenvalue weighted by molar-refractivity contribution is -0.115. The van der Waals surface area contributed by atoms with E-state index < -0.39 is 5.97 Å². The summed E-state index contributed by atoms with van der Waals surface area (Å²) >= 11 is 0. The average molecular weight is 246 g/mol. The first-order chi connectivity index (χ1) is 8.56. The molecular formula is C13H14N2O3. The Hall–Kier alpha value is -2.32. The average Bonchev–Trinajstić information content (AvgIpc) is 2.32. The third-order valence-electron chi connectivity index (χ3n) is 2.35. The van der Waals surface area contributed by atoms with Crippen LogP contribution in [0, 0.1) is 19.3 Å². The summed E-state index contributed by atoms with van der Waals surface area (Å²) in [6.07, 6.45) is 5.04. The zero-order valence-corrected chi connectivity index (χ0v) is 9.99. The minimum atomic E-state index is -1.02. The van der Waals surface area contributed by atoms with Gasteiger partial charge in [-0.15, -0.1) is 6.42 Å². The molecular weight excluding hydrogens is 232 g/mol. The molecule has 0 saturated heterocycles. The van der Waals surface area contributed by atoms with Crippen LogP contribution in [0.4, 0.5) is 5.69 Å². The second kappa shape index (κ2) is 6.42. The van der Waals surface area contributed by atoms with Crippen LogP contribution in [0.2, 0.25) is 0 Å². The molecule has 0 aromatic heterocycles. The standard InChI is InChI=1S/C13H14N2O3/c1-3-7-14-8-12(16)15-11-6-4-5-10(9(11)2)13(17)18/h1,4-6,14H,7-8H2,2H3,(H,15,16)(H,17,18). The van der Waals surface area contributed by atoms with Gasteiger partial charge in [-0.2, -0.15) is 0 Å². The van der Waals surface area contributed by atoms with Gasteiger partial charge in [0.25, 0.3) is 0 Å². The lowest BCUT2D eigenvalue weighted by Gasteiger charge is -2.10. The van der Waals surface area contributed by atoms with Gasteiger partial charge in [0, 0.05) is 5.69 Å². The molecule has 0 atom stereocenters. The lowest BCUT2D eigenvalue weighted by atomic mass is 10.1. The van der Waals surface area contributed by atoms with E-state index in [1.54, 1.807) is 19.1 Å². The van der Waals surface area contributed by atoms with Crippen LogP contribution >= 0.6 is 0 Å². The van der Waals surface area contributed by atoms with Gasteiger partial charge in [-0.05, 0) is 24.6 Å². The second-order valence-electron chi connectivity index (χ2n) is 3.64. The summed E-state index contributed by atoms with van der Waals surface area (Å²) in [5.41, 5.74) is 1.18. The van der Waals surface area contributed by atoms with Crippen LogP contribution in [0.5, 0.6) is 0 Å². The van der Waals surface area contributed by atoms with Gasteiger partial charge in [0.15, 0.2) is 0 Å². The predicted molar refractivity (Wildman–Crippen MR) is 68.5 cm³/mol. The maximum atomic E-state index is 11.5. The predicted octanol–water partition coefficient (Wildman–Crippen LogP) is 0.855. The summed E-state index contributed by atoms with van der Waals surface area (Å²) in [5, 5.41) is 14.3. The van der Waals surface area contributed by atoms with Crippen molar-refractivity contribution in [2.75, 3.05) is 18.4 Å². The number of benzene rings is 1. The van der Waals surface area contributed by atoms with E-state index >= 15 is 0 Å². The molecule has 1 aromatic carbocycles. The molecule has 0 aliphatic heterocycles. The van der Waals surface area contributed by atoms with Crippen molar-refractivity contribution in [1.29, 1.82) is 0 Å². The van der Waals surface area contributed by atoms with Crippen LogP contribution in [0.1, 0.15) is 15.9 Å². The SMILES string of the molecule is C#CCNCC(=O)Nc1cccc(C(=O)O)c1C. The minimum Gasteiger partial charge on any atom is -0.478 e. The molecule has 1 rings (SSSR count). The first-order valence-electron chi connectivity index (χ1n) is 5.33. The van der Waals surface area contributed by atoms with Gasteiger partial charge in [-0.25, -0.2) is 4.79 Å². The first-order valence-corrected chi connectivity index (χ1v) is 5.33. The van der Waals surface area contributed by atoms with E-state index in [-0.39, 0.29) is 18.0 Å². The van der Waals surface area contributed by atoms with Crippen molar-refractivity contribution in [1.82, 2.24) is 5.32 Å². The van der Waals surface area contributed by atoms with Crippen molar-refractivity contribution >= 4 is 17.6 Å². The maximum Gasteiger partial charge on any atom is 0.336 e. The number of terminal acetylenes is 1. The van der Waals surface area contributed by atoms with Crippen LogP contribution < -0.4 is 10.6 Å². The fraction of sp³-hybridized carbons (Fsp3) is 0.231. The third-order valence-corrected chi connectivity index (χ3v) is 2.35. The molecule has 5 heteroatoms. The largest absolute Gasteiger partial charge is 0.478 e. The number of hydrogen-bond donors (Lipinski definition) is 3. The third kappa shape index (κ3) is 3.61. The highest BCUT2D eigenvalue weighted by Gasteiger charge is 2.11. The number of hydrogen-bond acceptors (Lipinski definition) is 3. The zero-order valence-electron chi connectivity index (χ0n) is 9.99. The second-order valence-corrected chi connectivity index (χ2v) is 3.64. The summed E-state index contributed by atoms with van der Waals surface area (Å²) < 4.78 is 0. The Kier molecular flexibility index (Phi) is 4.90. The van der Waals surface area contributed by atoms with E-state index in [2.05, 4.69) is 16.6 Å². The van der Waals surface area contributed by atoms with Crippen molar-refractivity contribution < 1.29 is 14.7 Å². The highest BCUT2D eigenvalue weighted by molar-refractivity contribution is 5.96. The molecule has 1 amide bonds. The monoisotopic (exact) mass is 246 g/mol. The fourth-order valence-corrected chi connectivity index (χ4v) is 1.45. The quantitative estimate of drug-likeness (QED) is 0.531. The Morgan fingerprint density at radius 1 is 1.44 bits per heavy atom. The molecule has 3 N–H and O–H groups in total. The van der Waals surface area contributed by atoms with Gasteiger partial charge in [0.05, 0.1) is 18.7 Å². The van der Waals surface area contributed by atoms with E-state index in [0.717, 1.165) is 0 Å². The molecule has 5 nitrogen and oxygen atoms in total.